The number of hydrogen-bond acceptors (Lipinski definition) is 5. The number of hydrazine groups is 1. The average Bonchev–Trinajstić information content (AvgIpc) is 2.49. The summed E-state index contributed by atoms with van der Waals surface area (Å²) >= 11 is 0. The molecule has 0 amide bonds. The van der Waals surface area contributed by atoms with Crippen molar-refractivity contribution >= 4 is 20.7 Å². The van der Waals surface area contributed by atoms with E-state index in [9.17, 15) is 8.42 Å². The predicted octanol–water partition coefficient (Wildman–Crippen LogP) is 1.71. The van der Waals surface area contributed by atoms with Crippen LogP contribution in [0.3, 0.4) is 0 Å². The molecule has 0 radical (unpaired) electrons. The lowest BCUT2D eigenvalue weighted by molar-refractivity contribution is 0.455. The van der Waals surface area contributed by atoms with Gasteiger partial charge >= 0.3 is 0 Å². The third-order valence-corrected chi connectivity index (χ3v) is 6.47. The topological polar surface area (TPSA) is 85.1 Å². The van der Waals surface area contributed by atoms with Crippen molar-refractivity contribution in [2.45, 2.75) is 30.6 Å². The van der Waals surface area contributed by atoms with Gasteiger partial charge in [-0.1, -0.05) is 30.7 Å². The molecule has 3 rings (SSSR count). The van der Waals surface area contributed by atoms with Crippen LogP contribution in [0, 0.1) is 0 Å². The van der Waals surface area contributed by atoms with Gasteiger partial charge in [0.15, 0.2) is 9.84 Å². The number of aromatic nitrogens is 1. The molecule has 2 unspecified atom stereocenters. The van der Waals surface area contributed by atoms with Gasteiger partial charge in [0.1, 0.15) is 0 Å². The van der Waals surface area contributed by atoms with Crippen LogP contribution in [0.4, 0.5) is 0 Å². The molecule has 2 aromatic rings. The molecule has 0 aliphatic carbocycles. The lowest BCUT2D eigenvalue weighted by Crippen LogP contribution is -2.43. The van der Waals surface area contributed by atoms with Crippen molar-refractivity contribution in [3.05, 3.63) is 42.1 Å². The SMILES string of the molecule is NNC(c1cccc2cccnc12)C1CCCCS1(=O)=O. The van der Waals surface area contributed by atoms with Crippen LogP contribution < -0.4 is 11.3 Å². The second-order valence-electron chi connectivity index (χ2n) is 5.47. The summed E-state index contributed by atoms with van der Waals surface area (Å²) in [6, 6.07) is 9.20. The van der Waals surface area contributed by atoms with Crippen LogP contribution in [0.1, 0.15) is 30.9 Å². The molecule has 3 N–H and O–H groups in total. The van der Waals surface area contributed by atoms with Gasteiger partial charge in [0, 0.05) is 11.6 Å². The van der Waals surface area contributed by atoms with Gasteiger partial charge in [-0.05, 0) is 24.5 Å². The van der Waals surface area contributed by atoms with E-state index in [1.54, 1.807) is 6.20 Å². The Kier molecular flexibility index (Phi) is 3.93. The smallest absolute Gasteiger partial charge is 0.155 e. The van der Waals surface area contributed by atoms with Crippen molar-refractivity contribution in [1.82, 2.24) is 10.4 Å². The Morgan fingerprint density at radius 2 is 2.05 bits per heavy atom. The molecule has 5 nitrogen and oxygen atoms in total. The Morgan fingerprint density at radius 3 is 2.81 bits per heavy atom. The molecule has 1 aromatic heterocycles. The number of rotatable bonds is 3. The third-order valence-electron chi connectivity index (χ3n) is 4.18. The molecule has 21 heavy (non-hydrogen) atoms. The van der Waals surface area contributed by atoms with Crippen LogP contribution >= 0.6 is 0 Å². The van der Waals surface area contributed by atoms with Crippen molar-refractivity contribution < 1.29 is 8.42 Å². The number of nitrogens with zero attached hydrogens (tertiary/aromatic N) is 1. The van der Waals surface area contributed by atoms with E-state index in [0.717, 1.165) is 29.3 Å². The van der Waals surface area contributed by atoms with Gasteiger partial charge in [-0.25, -0.2) is 8.42 Å². The summed E-state index contributed by atoms with van der Waals surface area (Å²) in [5, 5.41) is 0.507. The molecule has 2 atom stereocenters. The van der Waals surface area contributed by atoms with Crippen molar-refractivity contribution in [2.75, 3.05) is 5.75 Å². The van der Waals surface area contributed by atoms with E-state index in [2.05, 4.69) is 10.4 Å². The average molecular weight is 305 g/mol. The highest BCUT2D eigenvalue weighted by atomic mass is 32.2. The van der Waals surface area contributed by atoms with Gasteiger partial charge in [-0.2, -0.15) is 0 Å². The van der Waals surface area contributed by atoms with E-state index in [0.29, 0.717) is 6.42 Å². The zero-order chi connectivity index (χ0) is 14.9. The molecule has 1 fully saturated rings. The molecule has 1 aliphatic heterocycles. The minimum Gasteiger partial charge on any atom is -0.271 e. The summed E-state index contributed by atoms with van der Waals surface area (Å²) in [4.78, 5) is 4.40. The van der Waals surface area contributed by atoms with E-state index in [1.807, 2.05) is 30.3 Å². The number of benzene rings is 1. The summed E-state index contributed by atoms with van der Waals surface area (Å²) in [6.07, 6.45) is 4.01. The fourth-order valence-corrected chi connectivity index (χ4v) is 5.20. The van der Waals surface area contributed by atoms with Crippen molar-refractivity contribution in [3.63, 3.8) is 0 Å². The fraction of sp³-hybridized carbons (Fsp3) is 0.400. The highest BCUT2D eigenvalue weighted by Crippen LogP contribution is 2.33. The van der Waals surface area contributed by atoms with Crippen LogP contribution in [-0.4, -0.2) is 24.4 Å². The van der Waals surface area contributed by atoms with Gasteiger partial charge in [0.05, 0.1) is 22.6 Å². The largest absolute Gasteiger partial charge is 0.271 e. The van der Waals surface area contributed by atoms with E-state index in [1.165, 1.54) is 0 Å². The van der Waals surface area contributed by atoms with E-state index in [-0.39, 0.29) is 5.75 Å². The van der Waals surface area contributed by atoms with Gasteiger partial charge in [0.2, 0.25) is 0 Å². The van der Waals surface area contributed by atoms with Crippen molar-refractivity contribution in [1.29, 1.82) is 0 Å². The number of nitrogens with two attached hydrogens (primary N) is 1. The first-order valence-electron chi connectivity index (χ1n) is 7.15. The van der Waals surface area contributed by atoms with Crippen LogP contribution in [0.25, 0.3) is 10.9 Å². The molecule has 6 heteroatoms. The molecular formula is C15H19N3O2S. The van der Waals surface area contributed by atoms with E-state index >= 15 is 0 Å². The Morgan fingerprint density at radius 1 is 1.24 bits per heavy atom. The molecule has 0 bridgehead atoms. The van der Waals surface area contributed by atoms with Gasteiger partial charge in [-0.15, -0.1) is 0 Å². The molecule has 1 saturated heterocycles. The van der Waals surface area contributed by atoms with Crippen LogP contribution in [0.2, 0.25) is 0 Å². The molecule has 2 heterocycles. The molecule has 0 spiro atoms. The maximum absolute atomic E-state index is 12.4. The quantitative estimate of drug-likeness (QED) is 0.666. The normalized spacial score (nSPS) is 23.0. The number of hydrogen-bond donors (Lipinski definition) is 2. The Labute approximate surface area is 124 Å². The van der Waals surface area contributed by atoms with E-state index < -0.39 is 21.1 Å². The minimum atomic E-state index is -3.12. The molecule has 0 saturated carbocycles. The maximum Gasteiger partial charge on any atom is 0.155 e. The molecule has 1 aromatic carbocycles. The minimum absolute atomic E-state index is 0.244. The first kappa shape index (κ1) is 14.4. The lowest BCUT2D eigenvalue weighted by Gasteiger charge is -2.30. The van der Waals surface area contributed by atoms with Gasteiger partial charge < -0.3 is 0 Å². The van der Waals surface area contributed by atoms with Crippen molar-refractivity contribution in [2.24, 2.45) is 5.84 Å². The maximum atomic E-state index is 12.4. The number of nitrogens with one attached hydrogen (secondary N) is 1. The summed E-state index contributed by atoms with van der Waals surface area (Å²) in [6.45, 7) is 0. The van der Waals surface area contributed by atoms with Crippen LogP contribution in [0.15, 0.2) is 36.5 Å². The predicted molar refractivity (Wildman–Crippen MR) is 83.2 cm³/mol. The highest BCUT2D eigenvalue weighted by Gasteiger charge is 2.36. The second kappa shape index (κ2) is 5.71. The standard InChI is InChI=1S/C15H19N3O2S/c16-18-15(13-8-1-2-10-21(13,19)20)12-7-3-5-11-6-4-9-17-14(11)12/h3-7,9,13,15,18H,1-2,8,10,16H2. The van der Waals surface area contributed by atoms with Crippen LogP contribution in [0.5, 0.6) is 0 Å². The monoisotopic (exact) mass is 305 g/mol. The molecule has 1 aliphatic rings. The Hall–Kier alpha value is -1.50. The zero-order valence-electron chi connectivity index (χ0n) is 11.7. The number of para-hydroxylation sites is 1. The lowest BCUT2D eigenvalue weighted by atomic mass is 9.97. The molecule has 112 valence electrons. The second-order valence-corrected chi connectivity index (χ2v) is 7.81. The number of pyridine rings is 1. The molecular weight excluding hydrogens is 286 g/mol. The Balaban J connectivity index is 2.10. The Bertz CT molecular complexity index is 740. The first-order chi connectivity index (χ1) is 10.1. The van der Waals surface area contributed by atoms with Gasteiger partial charge in [0.25, 0.3) is 0 Å². The summed E-state index contributed by atoms with van der Waals surface area (Å²) in [5.74, 6) is 5.95. The van der Waals surface area contributed by atoms with Gasteiger partial charge in [-0.3, -0.25) is 16.3 Å². The highest BCUT2D eigenvalue weighted by molar-refractivity contribution is 7.92. The zero-order valence-corrected chi connectivity index (χ0v) is 12.5. The van der Waals surface area contributed by atoms with E-state index in [4.69, 9.17) is 5.84 Å². The summed E-state index contributed by atoms with van der Waals surface area (Å²) in [7, 11) is -3.12. The van der Waals surface area contributed by atoms with Crippen molar-refractivity contribution in [3.8, 4) is 0 Å². The number of sulfone groups is 1. The third kappa shape index (κ3) is 2.66. The fourth-order valence-electron chi connectivity index (χ4n) is 3.13. The van der Waals surface area contributed by atoms with Crippen LogP contribution in [-0.2, 0) is 9.84 Å². The first-order valence-corrected chi connectivity index (χ1v) is 8.86. The number of fused-ring (bicyclic) bond motifs is 1. The summed E-state index contributed by atoms with van der Waals surface area (Å²) < 4.78 is 24.8. The summed E-state index contributed by atoms with van der Waals surface area (Å²) in [5.41, 5.74) is 4.38.